The number of ether oxygens (including phenoxy) is 2. The summed E-state index contributed by atoms with van der Waals surface area (Å²) in [6, 6.07) is -0.838. The van der Waals surface area contributed by atoms with E-state index in [0.29, 0.717) is 6.42 Å². The maximum Gasteiger partial charge on any atom is 0.220 e. The third-order valence-electron chi connectivity index (χ3n) is 11.9. The maximum absolute atomic E-state index is 13.0. The number of unbranched alkanes of at least 4 members (excludes halogenated alkanes) is 14. The molecular weight excluding hydrogens is 875 g/mol. The first-order valence-electron chi connectivity index (χ1n) is 27.4. The first-order chi connectivity index (χ1) is 34.3. The first kappa shape index (κ1) is 64.3. The molecule has 1 rings (SSSR count). The fourth-order valence-corrected chi connectivity index (χ4v) is 7.60. The number of aliphatic hydroxyl groups is 5. The van der Waals surface area contributed by atoms with E-state index in [9.17, 15) is 30.3 Å². The molecule has 0 aromatic rings. The zero-order valence-electron chi connectivity index (χ0n) is 43.7. The fourth-order valence-electron chi connectivity index (χ4n) is 7.60. The molecule has 1 fully saturated rings. The van der Waals surface area contributed by atoms with Gasteiger partial charge in [-0.15, -0.1) is 0 Å². The summed E-state index contributed by atoms with van der Waals surface area (Å²) in [7, 11) is 0. The van der Waals surface area contributed by atoms with Crippen molar-refractivity contribution in [2.24, 2.45) is 0 Å². The standard InChI is InChI=1S/C61H99NO8/c1-3-5-7-9-11-13-15-17-18-19-20-21-22-23-24-25-26-27-28-29-30-31-32-33-34-35-36-37-38-39-41-43-45-47-49-51-57(65)62-54(53-69-61-60(68)59(67)58(66)56(52-63)70-61)55(64)50-48-46-44-42-40-16-14-12-10-8-6-4-2/h5,7,10-13,17-18,20-21,23-24,26-27,29-30,32-33,40,42,48,50,54-56,58-61,63-64,66-68H,3-4,6,8-9,14-16,19,22,25,28,31,34-39,41,43-47,49,51-53H2,1-2H3,(H,62,65)/b7-5-,12-10+,13-11-,18-17-,21-20-,24-23-,27-26-,30-29-,33-32-,42-40+,50-48+. The molecule has 0 aromatic heterocycles. The van der Waals surface area contributed by atoms with Crippen molar-refractivity contribution in [3.8, 4) is 0 Å². The van der Waals surface area contributed by atoms with Gasteiger partial charge in [-0.25, -0.2) is 0 Å². The quantitative estimate of drug-likeness (QED) is 0.0261. The van der Waals surface area contributed by atoms with E-state index in [1.54, 1.807) is 6.08 Å². The van der Waals surface area contributed by atoms with E-state index >= 15 is 0 Å². The van der Waals surface area contributed by atoms with Crippen molar-refractivity contribution in [2.75, 3.05) is 13.2 Å². The summed E-state index contributed by atoms with van der Waals surface area (Å²) in [6.45, 7) is 3.56. The third-order valence-corrected chi connectivity index (χ3v) is 11.9. The fraction of sp³-hybridized carbons (Fsp3) is 0.623. The highest BCUT2D eigenvalue weighted by Crippen LogP contribution is 2.22. The van der Waals surface area contributed by atoms with Crippen molar-refractivity contribution in [1.29, 1.82) is 0 Å². The van der Waals surface area contributed by atoms with E-state index in [1.807, 2.05) is 6.08 Å². The molecule has 1 heterocycles. The highest BCUT2D eigenvalue weighted by atomic mass is 16.7. The molecule has 1 saturated heterocycles. The summed E-state index contributed by atoms with van der Waals surface area (Å²) < 4.78 is 11.2. The molecule has 0 spiro atoms. The van der Waals surface area contributed by atoms with Crippen molar-refractivity contribution in [2.45, 2.75) is 230 Å². The van der Waals surface area contributed by atoms with Gasteiger partial charge < -0.3 is 40.3 Å². The van der Waals surface area contributed by atoms with E-state index in [0.717, 1.165) is 116 Å². The largest absolute Gasteiger partial charge is 0.394 e. The van der Waals surface area contributed by atoms with Gasteiger partial charge in [0.15, 0.2) is 6.29 Å². The Morgan fingerprint density at radius 3 is 1.37 bits per heavy atom. The van der Waals surface area contributed by atoms with Crippen LogP contribution in [0.25, 0.3) is 0 Å². The second-order valence-electron chi connectivity index (χ2n) is 18.3. The zero-order valence-corrected chi connectivity index (χ0v) is 43.7. The Hall–Kier alpha value is -3.67. The van der Waals surface area contributed by atoms with Crippen LogP contribution in [0.3, 0.4) is 0 Å². The molecule has 70 heavy (non-hydrogen) atoms. The van der Waals surface area contributed by atoms with Crippen molar-refractivity contribution in [3.63, 3.8) is 0 Å². The van der Waals surface area contributed by atoms with Gasteiger partial charge >= 0.3 is 0 Å². The van der Waals surface area contributed by atoms with Crippen LogP contribution in [-0.4, -0.2) is 87.5 Å². The lowest BCUT2D eigenvalue weighted by Crippen LogP contribution is -2.60. The number of allylic oxidation sites excluding steroid dienone is 21. The number of hydrogen-bond acceptors (Lipinski definition) is 8. The van der Waals surface area contributed by atoms with Gasteiger partial charge in [-0.1, -0.05) is 212 Å². The molecule has 1 amide bonds. The lowest BCUT2D eigenvalue weighted by atomic mass is 9.99. The van der Waals surface area contributed by atoms with Gasteiger partial charge in [0.1, 0.15) is 24.4 Å². The van der Waals surface area contributed by atoms with Crippen LogP contribution >= 0.6 is 0 Å². The van der Waals surface area contributed by atoms with Gasteiger partial charge in [0.05, 0.1) is 25.4 Å². The van der Waals surface area contributed by atoms with Crippen molar-refractivity contribution < 1.29 is 39.8 Å². The summed E-state index contributed by atoms with van der Waals surface area (Å²) >= 11 is 0. The number of amides is 1. The van der Waals surface area contributed by atoms with Gasteiger partial charge in [-0.3, -0.25) is 4.79 Å². The van der Waals surface area contributed by atoms with Crippen LogP contribution in [0, 0.1) is 0 Å². The normalized spacial score (nSPS) is 20.5. The molecule has 9 heteroatoms. The Bertz CT molecular complexity index is 1550. The van der Waals surface area contributed by atoms with Crippen molar-refractivity contribution in [1.82, 2.24) is 5.32 Å². The Labute approximate surface area is 426 Å². The van der Waals surface area contributed by atoms with Gasteiger partial charge in [0.2, 0.25) is 5.91 Å². The number of rotatable bonds is 44. The monoisotopic (exact) mass is 974 g/mol. The number of hydrogen-bond donors (Lipinski definition) is 6. The Morgan fingerprint density at radius 1 is 0.500 bits per heavy atom. The Balaban J connectivity index is 2.19. The van der Waals surface area contributed by atoms with Crippen molar-refractivity contribution in [3.05, 3.63) is 134 Å². The molecular formula is C61H99NO8. The predicted octanol–water partition coefficient (Wildman–Crippen LogP) is 13.3. The molecule has 0 bridgehead atoms. The average molecular weight is 974 g/mol. The molecule has 0 aromatic carbocycles. The summed E-state index contributed by atoms with van der Waals surface area (Å²) in [5.41, 5.74) is 0. The number of carbonyl (C=O) groups excluding carboxylic acids is 1. The molecule has 0 radical (unpaired) electrons. The van der Waals surface area contributed by atoms with Crippen LogP contribution in [0.4, 0.5) is 0 Å². The van der Waals surface area contributed by atoms with Gasteiger partial charge in [-0.05, 0) is 103 Å². The van der Waals surface area contributed by atoms with Crippen LogP contribution in [0.1, 0.15) is 187 Å². The molecule has 7 atom stereocenters. The zero-order chi connectivity index (χ0) is 50.8. The summed E-state index contributed by atoms with van der Waals surface area (Å²) in [6.07, 6.45) is 68.0. The van der Waals surface area contributed by atoms with Crippen LogP contribution in [-0.2, 0) is 14.3 Å². The lowest BCUT2D eigenvalue weighted by Gasteiger charge is -2.40. The Morgan fingerprint density at radius 2 is 0.900 bits per heavy atom. The van der Waals surface area contributed by atoms with Gasteiger partial charge in [0, 0.05) is 6.42 Å². The van der Waals surface area contributed by atoms with E-state index in [4.69, 9.17) is 9.47 Å². The SMILES string of the molecule is CC/C=C\C/C=C\C/C=C\C/C=C\C/C=C\C/C=C\C/C=C\C/C=C\CCCCCCCCCCCCC(=O)NC(COC1OC(CO)C(O)C(O)C1O)C(O)/C=C/CC/C=C/CC/C=C/CCCC. The van der Waals surface area contributed by atoms with E-state index in [1.165, 1.54) is 51.4 Å². The van der Waals surface area contributed by atoms with Crippen LogP contribution in [0.2, 0.25) is 0 Å². The molecule has 9 nitrogen and oxygen atoms in total. The minimum absolute atomic E-state index is 0.204. The number of aliphatic hydroxyl groups excluding tert-OH is 5. The molecule has 1 aliphatic heterocycles. The van der Waals surface area contributed by atoms with Gasteiger partial charge in [0.25, 0.3) is 0 Å². The highest BCUT2D eigenvalue weighted by molar-refractivity contribution is 5.76. The molecule has 396 valence electrons. The minimum Gasteiger partial charge on any atom is -0.394 e. The molecule has 0 aliphatic carbocycles. The van der Waals surface area contributed by atoms with E-state index < -0.39 is 49.5 Å². The third kappa shape index (κ3) is 38.1. The second-order valence-corrected chi connectivity index (χ2v) is 18.3. The van der Waals surface area contributed by atoms with Crippen LogP contribution in [0.15, 0.2) is 134 Å². The average Bonchev–Trinajstić information content (AvgIpc) is 3.36. The maximum atomic E-state index is 13.0. The smallest absolute Gasteiger partial charge is 0.220 e. The minimum atomic E-state index is -1.58. The second kappa shape index (κ2) is 48.9. The molecule has 0 saturated carbocycles. The first-order valence-corrected chi connectivity index (χ1v) is 27.4. The predicted molar refractivity (Wildman–Crippen MR) is 294 cm³/mol. The van der Waals surface area contributed by atoms with Crippen LogP contribution in [0.5, 0.6) is 0 Å². The summed E-state index contributed by atoms with van der Waals surface area (Å²) in [4.78, 5) is 13.0. The number of carbonyl (C=O) groups is 1. The Kier molecular flexibility index (Phi) is 45.0. The molecule has 1 aliphatic rings. The molecule has 7 unspecified atom stereocenters. The highest BCUT2D eigenvalue weighted by Gasteiger charge is 2.44. The molecule has 6 N–H and O–H groups in total. The topological polar surface area (TPSA) is 149 Å². The number of nitrogens with one attached hydrogen (secondary N) is 1. The van der Waals surface area contributed by atoms with Crippen molar-refractivity contribution >= 4 is 5.91 Å². The lowest BCUT2D eigenvalue weighted by molar-refractivity contribution is -0.302. The summed E-state index contributed by atoms with van der Waals surface area (Å²) in [5.74, 6) is -0.204. The summed E-state index contributed by atoms with van der Waals surface area (Å²) in [5, 5.41) is 54.2. The van der Waals surface area contributed by atoms with E-state index in [-0.39, 0.29) is 12.5 Å². The van der Waals surface area contributed by atoms with Gasteiger partial charge in [-0.2, -0.15) is 0 Å². The van der Waals surface area contributed by atoms with E-state index in [2.05, 4.69) is 141 Å². The van der Waals surface area contributed by atoms with Crippen LogP contribution < -0.4 is 5.32 Å².